The third kappa shape index (κ3) is 5.04. The van der Waals surface area contributed by atoms with Gasteiger partial charge in [-0.05, 0) is 18.2 Å². The first kappa shape index (κ1) is 24.4. The smallest absolute Gasteiger partial charge is 0.341 e. The Kier molecular flexibility index (Phi) is 6.47. The highest BCUT2D eigenvalue weighted by molar-refractivity contribution is 5.92. The number of methoxy groups -OCH3 is 2. The van der Waals surface area contributed by atoms with Crippen LogP contribution in [0.25, 0.3) is 16.9 Å². The number of aromatic nitrogens is 5. The Labute approximate surface area is 202 Å². The topological polar surface area (TPSA) is 124 Å². The molecule has 0 unspecified atom stereocenters. The molecular weight excluding hydrogens is 481 g/mol. The van der Waals surface area contributed by atoms with Gasteiger partial charge >= 0.3 is 5.97 Å². The molecule has 1 aromatic carbocycles. The van der Waals surface area contributed by atoms with E-state index in [1.165, 1.54) is 57.1 Å². The van der Waals surface area contributed by atoms with Crippen LogP contribution < -0.4 is 14.8 Å². The molecular formula is C23H19F3N6O4. The second-order valence-electron chi connectivity index (χ2n) is 7.56. The van der Waals surface area contributed by atoms with Gasteiger partial charge in [-0.2, -0.15) is 18.9 Å². The summed E-state index contributed by atoms with van der Waals surface area (Å²) in [7, 11) is 2.66. The second kappa shape index (κ2) is 9.52. The minimum atomic E-state index is -3.21. The summed E-state index contributed by atoms with van der Waals surface area (Å²) in [6, 6.07) is 6.31. The summed E-state index contributed by atoms with van der Waals surface area (Å²) in [5.41, 5.74) is 0.0458. The van der Waals surface area contributed by atoms with Crippen LogP contribution in [0.2, 0.25) is 0 Å². The molecule has 10 nitrogen and oxygen atoms in total. The molecule has 3 heterocycles. The number of hydrogen-bond donors (Lipinski definition) is 2. The monoisotopic (exact) mass is 500 g/mol. The molecule has 13 heteroatoms. The van der Waals surface area contributed by atoms with Gasteiger partial charge in [-0.3, -0.25) is 0 Å². The zero-order valence-electron chi connectivity index (χ0n) is 19.2. The highest BCUT2D eigenvalue weighted by Gasteiger charge is 2.28. The molecule has 4 rings (SSSR count). The number of rotatable bonds is 8. The molecule has 4 aromatic rings. The Morgan fingerprint density at radius 3 is 2.53 bits per heavy atom. The molecule has 0 bridgehead atoms. The van der Waals surface area contributed by atoms with Crippen LogP contribution in [0.1, 0.15) is 23.0 Å². The number of aromatic carboxylic acids is 1. The van der Waals surface area contributed by atoms with Crippen molar-refractivity contribution in [3.8, 4) is 28.6 Å². The van der Waals surface area contributed by atoms with Crippen LogP contribution in [0, 0.1) is 5.82 Å². The van der Waals surface area contributed by atoms with Crippen molar-refractivity contribution in [1.82, 2.24) is 24.7 Å². The van der Waals surface area contributed by atoms with Crippen molar-refractivity contribution >= 4 is 17.6 Å². The van der Waals surface area contributed by atoms with Gasteiger partial charge in [0.2, 0.25) is 11.8 Å². The third-order valence-electron chi connectivity index (χ3n) is 4.97. The van der Waals surface area contributed by atoms with Crippen molar-refractivity contribution in [1.29, 1.82) is 0 Å². The molecule has 36 heavy (non-hydrogen) atoms. The zero-order chi connectivity index (χ0) is 26.0. The first-order valence-electron chi connectivity index (χ1n) is 10.3. The van der Waals surface area contributed by atoms with Gasteiger partial charge < -0.3 is 19.9 Å². The van der Waals surface area contributed by atoms with Crippen molar-refractivity contribution in [2.45, 2.75) is 12.8 Å². The molecule has 0 spiro atoms. The van der Waals surface area contributed by atoms with E-state index in [0.717, 1.165) is 10.7 Å². The maximum Gasteiger partial charge on any atom is 0.341 e. The first-order chi connectivity index (χ1) is 17.1. The van der Waals surface area contributed by atoms with E-state index in [1.54, 1.807) is 0 Å². The summed E-state index contributed by atoms with van der Waals surface area (Å²) in [5, 5.41) is 16.3. The van der Waals surface area contributed by atoms with E-state index in [-0.39, 0.29) is 45.8 Å². The number of anilines is 2. The van der Waals surface area contributed by atoms with Gasteiger partial charge in [0.1, 0.15) is 22.8 Å². The lowest BCUT2D eigenvalue weighted by Crippen LogP contribution is -2.11. The molecule has 0 radical (unpaired) electrons. The Balaban J connectivity index is 1.85. The molecule has 0 saturated heterocycles. The van der Waals surface area contributed by atoms with Gasteiger partial charge in [0, 0.05) is 54.5 Å². The number of nitrogens with one attached hydrogen (secondary N) is 1. The van der Waals surface area contributed by atoms with E-state index in [9.17, 15) is 23.1 Å². The zero-order valence-corrected chi connectivity index (χ0v) is 19.2. The number of benzene rings is 1. The van der Waals surface area contributed by atoms with Gasteiger partial charge in [-0.25, -0.2) is 23.8 Å². The average molecular weight is 500 g/mol. The van der Waals surface area contributed by atoms with Gasteiger partial charge in [-0.1, -0.05) is 0 Å². The van der Waals surface area contributed by atoms with E-state index in [2.05, 4.69) is 25.4 Å². The molecule has 0 aliphatic carbocycles. The largest absolute Gasteiger partial charge is 0.497 e. The van der Waals surface area contributed by atoms with Crippen LogP contribution in [0.15, 0.2) is 48.9 Å². The number of pyridine rings is 1. The van der Waals surface area contributed by atoms with E-state index < -0.39 is 23.4 Å². The standard InChI is InChI=1S/C23H19F3N6O4/c1-23(25,26)18-4-5-32(31-18)19-17(12-6-16(21(33)34)20(36-3)27-10-12)11-28-22(30-19)29-14-7-13(24)8-15(9-14)35-2/h4-11H,1-3H3,(H,33,34)(H,28,29,30). The number of nitrogens with zero attached hydrogens (tertiary/aromatic N) is 5. The summed E-state index contributed by atoms with van der Waals surface area (Å²) in [5.74, 6) is -4.90. The predicted molar refractivity (Wildman–Crippen MR) is 122 cm³/mol. The lowest BCUT2D eigenvalue weighted by atomic mass is 10.1. The fourth-order valence-electron chi connectivity index (χ4n) is 3.28. The van der Waals surface area contributed by atoms with Gasteiger partial charge in [0.05, 0.1) is 14.2 Å². The van der Waals surface area contributed by atoms with Crippen LogP contribution >= 0.6 is 0 Å². The van der Waals surface area contributed by atoms with E-state index in [1.807, 2.05) is 0 Å². The number of ether oxygens (including phenoxy) is 2. The number of carboxylic acid groups (broad SMARTS) is 1. The van der Waals surface area contributed by atoms with Crippen molar-refractivity contribution in [3.63, 3.8) is 0 Å². The van der Waals surface area contributed by atoms with Crippen LogP contribution in [-0.4, -0.2) is 50.0 Å². The average Bonchev–Trinajstić information content (AvgIpc) is 3.34. The predicted octanol–water partition coefficient (Wildman–Crippen LogP) is 4.43. The number of alkyl halides is 2. The van der Waals surface area contributed by atoms with Crippen molar-refractivity contribution < 1.29 is 32.5 Å². The number of hydrogen-bond acceptors (Lipinski definition) is 8. The first-order valence-corrected chi connectivity index (χ1v) is 10.3. The molecule has 0 amide bonds. The summed E-state index contributed by atoms with van der Waals surface area (Å²) in [6.07, 6.45) is 3.95. The summed E-state index contributed by atoms with van der Waals surface area (Å²) < 4.78 is 52.8. The Hall–Kier alpha value is -4.68. The highest BCUT2D eigenvalue weighted by Crippen LogP contribution is 2.31. The maximum absolute atomic E-state index is 13.9. The number of halogens is 3. The number of carbonyl (C=O) groups is 1. The van der Waals surface area contributed by atoms with Gasteiger partial charge in [-0.15, -0.1) is 0 Å². The Morgan fingerprint density at radius 1 is 1.11 bits per heavy atom. The Morgan fingerprint density at radius 2 is 1.89 bits per heavy atom. The van der Waals surface area contributed by atoms with Crippen LogP contribution in [-0.2, 0) is 5.92 Å². The molecule has 0 atom stereocenters. The quantitative estimate of drug-likeness (QED) is 0.361. The second-order valence-corrected chi connectivity index (χ2v) is 7.56. The van der Waals surface area contributed by atoms with Crippen molar-refractivity contribution in [2.75, 3.05) is 19.5 Å². The minimum absolute atomic E-state index is 0.0124. The molecule has 3 aromatic heterocycles. The summed E-state index contributed by atoms with van der Waals surface area (Å²) >= 11 is 0. The normalized spacial score (nSPS) is 11.3. The lowest BCUT2D eigenvalue weighted by Gasteiger charge is -2.13. The summed E-state index contributed by atoms with van der Waals surface area (Å²) in [6.45, 7) is 0.706. The fourth-order valence-corrected chi connectivity index (χ4v) is 3.28. The molecule has 0 aliphatic heterocycles. The lowest BCUT2D eigenvalue weighted by molar-refractivity contribution is 0.0124. The molecule has 0 saturated carbocycles. The Bertz CT molecular complexity index is 1440. The van der Waals surface area contributed by atoms with Crippen molar-refractivity contribution in [2.24, 2.45) is 0 Å². The van der Waals surface area contributed by atoms with E-state index >= 15 is 0 Å². The molecule has 186 valence electrons. The SMILES string of the molecule is COc1cc(F)cc(Nc2ncc(-c3cnc(OC)c(C(=O)O)c3)c(-n3ccc(C(C)(F)F)n3)n2)c1. The highest BCUT2D eigenvalue weighted by atomic mass is 19.3. The van der Waals surface area contributed by atoms with Crippen LogP contribution in [0.3, 0.4) is 0 Å². The molecule has 0 aliphatic rings. The number of carboxylic acids is 1. The van der Waals surface area contributed by atoms with Gasteiger partial charge in [0.25, 0.3) is 5.92 Å². The van der Waals surface area contributed by atoms with E-state index in [0.29, 0.717) is 6.92 Å². The summed E-state index contributed by atoms with van der Waals surface area (Å²) in [4.78, 5) is 24.3. The molecule has 0 fully saturated rings. The van der Waals surface area contributed by atoms with Crippen LogP contribution in [0.5, 0.6) is 11.6 Å². The minimum Gasteiger partial charge on any atom is -0.497 e. The fraction of sp³-hybridized carbons (Fsp3) is 0.174. The van der Waals surface area contributed by atoms with Crippen LogP contribution in [0.4, 0.5) is 24.8 Å². The maximum atomic E-state index is 13.9. The molecule has 2 N–H and O–H groups in total. The van der Waals surface area contributed by atoms with Gasteiger partial charge in [0.15, 0.2) is 5.82 Å². The van der Waals surface area contributed by atoms with E-state index in [4.69, 9.17) is 9.47 Å². The van der Waals surface area contributed by atoms with Crippen molar-refractivity contribution in [3.05, 3.63) is 66.0 Å². The third-order valence-corrected chi connectivity index (χ3v) is 4.97.